The molecule has 37 heavy (non-hydrogen) atoms. The molecule has 1 N–H and O–H groups in total. The molecule has 0 spiro atoms. The third-order valence-electron chi connectivity index (χ3n) is 6.88. The summed E-state index contributed by atoms with van der Waals surface area (Å²) in [5, 5.41) is 2.95. The normalized spacial score (nSPS) is 23.8. The summed E-state index contributed by atoms with van der Waals surface area (Å²) in [5.74, 6) is -0.469. The molecule has 10 nitrogen and oxygen atoms in total. The number of Topliss-reactive ketones (excluding diaryl/α,β-unsaturated/α-hetero) is 1. The van der Waals surface area contributed by atoms with Gasteiger partial charge in [-0.3, -0.25) is 19.4 Å². The van der Waals surface area contributed by atoms with Gasteiger partial charge in [-0.15, -0.1) is 0 Å². The van der Waals surface area contributed by atoms with Crippen molar-refractivity contribution in [1.82, 2.24) is 15.2 Å². The number of ether oxygens (including phenoxy) is 4. The molecular weight excluding hydrogens is 478 g/mol. The maximum absolute atomic E-state index is 12.8. The van der Waals surface area contributed by atoms with Crippen LogP contribution in [0.5, 0.6) is 0 Å². The molecule has 1 aromatic heterocycles. The van der Waals surface area contributed by atoms with Crippen molar-refractivity contribution in [2.24, 2.45) is 5.92 Å². The maximum Gasteiger partial charge on any atom is 0.226 e. The van der Waals surface area contributed by atoms with Crippen LogP contribution in [-0.2, 0) is 33.3 Å². The van der Waals surface area contributed by atoms with Gasteiger partial charge >= 0.3 is 0 Å². The summed E-state index contributed by atoms with van der Waals surface area (Å²) in [7, 11) is 1.74. The maximum atomic E-state index is 12.8. The van der Waals surface area contributed by atoms with Gasteiger partial charge in [0, 0.05) is 38.8 Å². The summed E-state index contributed by atoms with van der Waals surface area (Å²) in [6.07, 6.45) is 8.15. The first-order valence-corrected chi connectivity index (χ1v) is 13.3. The van der Waals surface area contributed by atoms with E-state index < -0.39 is 5.92 Å². The van der Waals surface area contributed by atoms with Crippen LogP contribution in [0, 0.1) is 5.92 Å². The van der Waals surface area contributed by atoms with Crippen molar-refractivity contribution < 1.29 is 33.3 Å². The van der Waals surface area contributed by atoms with Gasteiger partial charge in [-0.1, -0.05) is 6.07 Å². The van der Waals surface area contributed by atoms with Crippen LogP contribution in [0.25, 0.3) is 0 Å². The van der Waals surface area contributed by atoms with Crippen molar-refractivity contribution in [1.29, 1.82) is 0 Å². The lowest BCUT2D eigenvalue weighted by Gasteiger charge is -2.29. The van der Waals surface area contributed by atoms with Crippen LogP contribution >= 0.6 is 0 Å². The van der Waals surface area contributed by atoms with E-state index >= 15 is 0 Å². The van der Waals surface area contributed by atoms with Gasteiger partial charge in [0.25, 0.3) is 0 Å². The fourth-order valence-electron chi connectivity index (χ4n) is 4.82. The average molecular weight is 520 g/mol. The fourth-order valence-corrected chi connectivity index (χ4v) is 4.82. The van der Waals surface area contributed by atoms with Crippen LogP contribution in [0.4, 0.5) is 0 Å². The fraction of sp³-hybridized carbons (Fsp3) is 0.704. The molecule has 3 rings (SSSR count). The van der Waals surface area contributed by atoms with Gasteiger partial charge in [-0.05, 0) is 44.2 Å². The second-order valence-electron chi connectivity index (χ2n) is 9.65. The highest BCUT2D eigenvalue weighted by atomic mass is 16.5. The first kappa shape index (κ1) is 29.2. The number of pyridine rings is 1. The third kappa shape index (κ3) is 9.77. The van der Waals surface area contributed by atoms with Gasteiger partial charge in [0.2, 0.25) is 11.8 Å². The Bertz CT molecular complexity index is 846. The average Bonchev–Trinajstić information content (AvgIpc) is 3.20. The van der Waals surface area contributed by atoms with E-state index in [0.29, 0.717) is 52.6 Å². The molecule has 1 aliphatic carbocycles. The van der Waals surface area contributed by atoms with Gasteiger partial charge in [0.15, 0.2) is 0 Å². The van der Waals surface area contributed by atoms with Crippen LogP contribution < -0.4 is 5.32 Å². The molecule has 0 bridgehead atoms. The zero-order valence-electron chi connectivity index (χ0n) is 22.1. The van der Waals surface area contributed by atoms with Crippen molar-refractivity contribution in [3.05, 3.63) is 30.1 Å². The molecule has 10 heteroatoms. The molecule has 2 aliphatic rings. The molecule has 1 saturated carbocycles. The summed E-state index contributed by atoms with van der Waals surface area (Å²) in [5.41, 5.74) is 0.868. The van der Waals surface area contributed by atoms with E-state index in [0.717, 1.165) is 31.2 Å². The Morgan fingerprint density at radius 2 is 1.65 bits per heavy atom. The molecule has 0 radical (unpaired) electrons. The number of hydrogen-bond acceptors (Lipinski definition) is 8. The SMILES string of the molecule is CC(=O)CCOCCOCCOC1CCC(OCCNC(=O)[C@H]2CC(=O)N(C)[C@@H]2c2cccnc2)CC1. The van der Waals surface area contributed by atoms with Crippen molar-refractivity contribution in [2.45, 2.75) is 63.7 Å². The highest BCUT2D eigenvalue weighted by Crippen LogP contribution is 2.36. The Morgan fingerprint density at radius 1 is 1.00 bits per heavy atom. The van der Waals surface area contributed by atoms with Gasteiger partial charge in [-0.25, -0.2) is 0 Å². The number of nitrogens with one attached hydrogen (secondary N) is 1. The summed E-state index contributed by atoms with van der Waals surface area (Å²) in [4.78, 5) is 41.7. The number of ketones is 1. The summed E-state index contributed by atoms with van der Waals surface area (Å²) >= 11 is 0. The summed E-state index contributed by atoms with van der Waals surface area (Å²) in [6, 6.07) is 3.42. The number of amides is 2. The van der Waals surface area contributed by atoms with Crippen LogP contribution in [0.15, 0.2) is 24.5 Å². The molecule has 0 aromatic carbocycles. The van der Waals surface area contributed by atoms with E-state index in [9.17, 15) is 14.4 Å². The predicted octanol–water partition coefficient (Wildman–Crippen LogP) is 2.07. The number of aromatic nitrogens is 1. The standard InChI is InChI=1S/C27H41N3O7/c1-20(31)9-12-34-14-15-35-16-17-37-23-7-5-22(6-8-23)36-13-11-29-27(33)24-18-25(32)30(2)26(24)21-4-3-10-28-19-21/h3-4,10,19,22-24,26H,5-9,11-18H2,1-2H3,(H,29,33)/t22?,23?,24-,26+/m0/s1. The van der Waals surface area contributed by atoms with Crippen molar-refractivity contribution in [3.8, 4) is 0 Å². The molecule has 2 atom stereocenters. The Hall–Kier alpha value is -2.40. The quantitative estimate of drug-likeness (QED) is 0.330. The molecule has 2 fully saturated rings. The first-order chi connectivity index (χ1) is 18.0. The van der Waals surface area contributed by atoms with Crippen molar-refractivity contribution in [3.63, 3.8) is 0 Å². The molecule has 1 aliphatic heterocycles. The lowest BCUT2D eigenvalue weighted by Crippen LogP contribution is -2.37. The van der Waals surface area contributed by atoms with Crippen LogP contribution in [0.1, 0.15) is 57.1 Å². The monoisotopic (exact) mass is 519 g/mol. The Kier molecular flexibility index (Phi) is 12.4. The topological polar surface area (TPSA) is 116 Å². The van der Waals surface area contributed by atoms with Crippen LogP contribution in [-0.4, -0.2) is 92.9 Å². The molecule has 0 unspecified atom stereocenters. The number of carbonyl (C=O) groups is 3. The van der Waals surface area contributed by atoms with Gasteiger partial charge in [-0.2, -0.15) is 0 Å². The molecule has 1 saturated heterocycles. The number of likely N-dealkylation sites (tertiary alicyclic amines) is 1. The number of carbonyl (C=O) groups excluding carboxylic acids is 3. The minimum absolute atomic E-state index is 0.0361. The molecule has 2 heterocycles. The van der Waals surface area contributed by atoms with Gasteiger partial charge in [0.1, 0.15) is 5.78 Å². The highest BCUT2D eigenvalue weighted by Gasteiger charge is 2.42. The number of nitrogens with zero attached hydrogens (tertiary/aromatic N) is 2. The van der Waals surface area contributed by atoms with Crippen molar-refractivity contribution >= 4 is 17.6 Å². The first-order valence-electron chi connectivity index (χ1n) is 13.3. The number of hydrogen-bond donors (Lipinski definition) is 1. The Labute approximate surface area is 219 Å². The second-order valence-corrected chi connectivity index (χ2v) is 9.65. The van der Waals surface area contributed by atoms with Crippen LogP contribution in [0.2, 0.25) is 0 Å². The molecule has 1 aromatic rings. The number of rotatable bonds is 16. The van der Waals surface area contributed by atoms with E-state index in [1.54, 1.807) is 31.3 Å². The van der Waals surface area contributed by atoms with E-state index in [-0.39, 0.29) is 42.3 Å². The zero-order valence-corrected chi connectivity index (χ0v) is 22.1. The predicted molar refractivity (Wildman–Crippen MR) is 136 cm³/mol. The van der Waals surface area contributed by atoms with E-state index in [4.69, 9.17) is 18.9 Å². The summed E-state index contributed by atoms with van der Waals surface area (Å²) in [6.45, 7) is 4.91. The van der Waals surface area contributed by atoms with Gasteiger partial charge in [0.05, 0.1) is 63.8 Å². The lowest BCUT2D eigenvalue weighted by molar-refractivity contribution is -0.128. The van der Waals surface area contributed by atoms with E-state index in [1.165, 1.54) is 0 Å². The minimum atomic E-state index is -0.433. The van der Waals surface area contributed by atoms with E-state index in [2.05, 4.69) is 10.3 Å². The third-order valence-corrected chi connectivity index (χ3v) is 6.88. The molecule has 206 valence electrons. The zero-order chi connectivity index (χ0) is 26.5. The Morgan fingerprint density at radius 3 is 2.30 bits per heavy atom. The van der Waals surface area contributed by atoms with Gasteiger partial charge < -0.3 is 29.2 Å². The lowest BCUT2D eigenvalue weighted by atomic mass is 9.94. The van der Waals surface area contributed by atoms with Crippen molar-refractivity contribution in [2.75, 3.05) is 53.2 Å². The molecular formula is C27H41N3O7. The summed E-state index contributed by atoms with van der Waals surface area (Å²) < 4.78 is 22.7. The minimum Gasteiger partial charge on any atom is -0.379 e. The largest absolute Gasteiger partial charge is 0.379 e. The second kappa shape index (κ2) is 15.8. The van der Waals surface area contributed by atoms with Crippen LogP contribution in [0.3, 0.4) is 0 Å². The Balaban J connectivity index is 1.22. The molecule has 2 amide bonds. The van der Waals surface area contributed by atoms with E-state index in [1.807, 2.05) is 12.1 Å². The highest BCUT2D eigenvalue weighted by molar-refractivity contribution is 5.90. The smallest absolute Gasteiger partial charge is 0.226 e.